The lowest BCUT2D eigenvalue weighted by atomic mass is 10.2. The average molecular weight is 483 g/mol. The number of nitriles is 1. The van der Waals surface area contributed by atoms with Crippen LogP contribution in [-0.2, 0) is 4.79 Å². The number of para-hydroxylation sites is 3. The molecule has 0 unspecified atom stereocenters. The fourth-order valence-corrected chi connectivity index (χ4v) is 5.05. The molecule has 9 heteroatoms. The molecule has 0 spiro atoms. The van der Waals surface area contributed by atoms with E-state index < -0.39 is 0 Å². The zero-order valence-corrected chi connectivity index (χ0v) is 20.3. The highest BCUT2D eigenvalue weighted by atomic mass is 32.2. The molecule has 8 nitrogen and oxygen atoms in total. The minimum Gasteiger partial charge on any atom is -0.469 e. The Labute approximate surface area is 207 Å². The Hall–Kier alpha value is -4.29. The van der Waals surface area contributed by atoms with Crippen LogP contribution < -0.4 is 9.80 Å². The molecule has 3 heterocycles. The predicted octanol–water partition coefficient (Wildman–Crippen LogP) is 4.82. The molecule has 4 aromatic rings. The van der Waals surface area contributed by atoms with E-state index in [1.165, 1.54) is 11.8 Å². The first-order valence-corrected chi connectivity index (χ1v) is 11.9. The van der Waals surface area contributed by atoms with E-state index in [0.29, 0.717) is 16.8 Å². The molecule has 0 amide bonds. The van der Waals surface area contributed by atoms with Crippen LogP contribution in [0.1, 0.15) is 5.76 Å². The van der Waals surface area contributed by atoms with Gasteiger partial charge < -0.3 is 14.2 Å². The molecule has 174 valence electrons. The maximum Gasteiger partial charge on any atom is 0.196 e. The molecule has 0 atom stereocenters. The summed E-state index contributed by atoms with van der Waals surface area (Å²) >= 11 is 1.25. The summed E-state index contributed by atoms with van der Waals surface area (Å²) in [6.45, 7) is 1.87. The zero-order valence-electron chi connectivity index (χ0n) is 19.5. The van der Waals surface area contributed by atoms with Gasteiger partial charge in [-0.1, -0.05) is 42.1 Å². The normalized spacial score (nSPS) is 12.6. The Morgan fingerprint density at radius 3 is 2.26 bits per heavy atom. The number of thioether (sulfide) groups is 1. The highest BCUT2D eigenvalue weighted by Gasteiger charge is 2.31. The third-order valence-corrected chi connectivity index (χ3v) is 6.86. The number of carbonyl (C=O) groups excluding carboxylic acids is 1. The van der Waals surface area contributed by atoms with Gasteiger partial charge in [-0.3, -0.25) is 9.36 Å². The van der Waals surface area contributed by atoms with Crippen LogP contribution in [-0.4, -0.2) is 40.4 Å². The maximum atomic E-state index is 13.3. The van der Waals surface area contributed by atoms with Gasteiger partial charge >= 0.3 is 0 Å². The van der Waals surface area contributed by atoms with Crippen molar-refractivity contribution in [3.8, 4) is 23.1 Å². The number of carbonyl (C=O) groups is 1. The highest BCUT2D eigenvalue weighted by molar-refractivity contribution is 7.99. The minimum atomic E-state index is -0.275. The third-order valence-electron chi connectivity index (χ3n) is 5.93. The molecule has 2 aromatic carbocycles. The van der Waals surface area contributed by atoms with Gasteiger partial charge in [-0.2, -0.15) is 5.26 Å². The van der Waals surface area contributed by atoms with Crippen molar-refractivity contribution in [3.63, 3.8) is 0 Å². The number of Topliss-reactive ketones (excluding diaryl/α,β-unsaturated/α-hetero) is 1. The molecule has 0 saturated carbocycles. The van der Waals surface area contributed by atoms with E-state index in [9.17, 15) is 10.1 Å². The number of hydrogen-bond donors (Lipinski definition) is 0. The van der Waals surface area contributed by atoms with Crippen LogP contribution in [0.3, 0.4) is 0 Å². The summed E-state index contributed by atoms with van der Waals surface area (Å²) in [5.41, 5.74) is 3.69. The van der Waals surface area contributed by atoms with Gasteiger partial charge in [-0.05, 0) is 37.3 Å². The number of fused-ring (bicyclic) bond motifs is 1. The number of nitrogens with zero attached hydrogens (tertiary/aromatic N) is 6. The first-order valence-electron chi connectivity index (χ1n) is 10.9. The first kappa shape index (κ1) is 22.5. The van der Waals surface area contributed by atoms with Gasteiger partial charge in [0.25, 0.3) is 0 Å². The van der Waals surface area contributed by atoms with Gasteiger partial charge in [0.2, 0.25) is 0 Å². The number of aromatic nitrogens is 3. The van der Waals surface area contributed by atoms with E-state index in [0.717, 1.165) is 28.4 Å². The summed E-state index contributed by atoms with van der Waals surface area (Å²) in [4.78, 5) is 17.0. The Bertz CT molecular complexity index is 1450. The zero-order chi connectivity index (χ0) is 24.5. The standard InChI is InChI=1S/C26H22N6O2S/c1-17-19(13-14-34-17)24-28-29-26(32(24)18-9-5-4-6-10-18)35-16-23(33)20(15-27)25-30(2)21-11-7-8-12-22(21)31(25)3/h4-14H,16H2,1-3H3. The molecule has 0 N–H and O–H groups in total. The number of ketones is 1. The van der Waals surface area contributed by atoms with Crippen LogP contribution >= 0.6 is 11.8 Å². The lowest BCUT2D eigenvalue weighted by Crippen LogP contribution is -2.26. The third kappa shape index (κ3) is 3.88. The SMILES string of the molecule is Cc1occc1-c1nnc(SCC(=O)C(C#N)=C2N(C)c3ccccc3N2C)n1-c1ccccc1. The van der Waals surface area contributed by atoms with Gasteiger partial charge in [-0.15, -0.1) is 10.2 Å². The van der Waals surface area contributed by atoms with Crippen LogP contribution in [0.4, 0.5) is 11.4 Å². The van der Waals surface area contributed by atoms with Crippen molar-refractivity contribution in [2.75, 3.05) is 29.6 Å². The molecular formula is C26H22N6O2S. The van der Waals surface area contributed by atoms with Gasteiger partial charge in [0, 0.05) is 19.8 Å². The van der Waals surface area contributed by atoms with E-state index in [4.69, 9.17) is 4.42 Å². The smallest absolute Gasteiger partial charge is 0.196 e. The Kier molecular flexibility index (Phi) is 5.89. The molecule has 0 fully saturated rings. The average Bonchev–Trinajstić information content (AvgIpc) is 3.56. The molecule has 2 aromatic heterocycles. The van der Waals surface area contributed by atoms with Gasteiger partial charge in [-0.25, -0.2) is 0 Å². The van der Waals surface area contributed by atoms with Crippen LogP contribution in [0.5, 0.6) is 0 Å². The van der Waals surface area contributed by atoms with E-state index in [-0.39, 0.29) is 17.1 Å². The summed E-state index contributed by atoms with van der Waals surface area (Å²) in [5.74, 6) is 1.69. The monoisotopic (exact) mass is 482 g/mol. The lowest BCUT2D eigenvalue weighted by molar-refractivity contribution is -0.112. The number of hydrogen-bond acceptors (Lipinski definition) is 8. The van der Waals surface area contributed by atoms with Gasteiger partial charge in [0.1, 0.15) is 23.2 Å². The molecule has 35 heavy (non-hydrogen) atoms. The second kappa shape index (κ2) is 9.16. The largest absolute Gasteiger partial charge is 0.469 e. The van der Waals surface area contributed by atoms with Crippen molar-refractivity contribution in [1.29, 1.82) is 5.26 Å². The van der Waals surface area contributed by atoms with E-state index in [2.05, 4.69) is 16.3 Å². The fourth-order valence-electron chi connectivity index (χ4n) is 4.22. The van der Waals surface area contributed by atoms with Crippen molar-refractivity contribution in [3.05, 3.63) is 84.1 Å². The summed E-state index contributed by atoms with van der Waals surface area (Å²) in [5, 5.41) is 19.2. The van der Waals surface area contributed by atoms with Crippen molar-refractivity contribution < 1.29 is 9.21 Å². The number of aryl methyl sites for hydroxylation is 1. The van der Waals surface area contributed by atoms with Crippen LogP contribution in [0, 0.1) is 18.3 Å². The number of anilines is 2. The van der Waals surface area contributed by atoms with Crippen molar-refractivity contribution >= 4 is 28.9 Å². The fraction of sp³-hybridized carbons (Fsp3) is 0.154. The Morgan fingerprint density at radius 1 is 1.00 bits per heavy atom. The molecule has 1 aliphatic rings. The van der Waals surface area contributed by atoms with E-state index in [1.54, 1.807) is 6.26 Å². The number of benzene rings is 2. The van der Waals surface area contributed by atoms with Crippen molar-refractivity contribution in [2.45, 2.75) is 12.1 Å². The molecule has 0 aliphatic carbocycles. The van der Waals surface area contributed by atoms with E-state index in [1.807, 2.05) is 96.0 Å². The number of allylic oxidation sites excluding steroid dienone is 1. The number of rotatable bonds is 6. The molecule has 0 bridgehead atoms. The second-order valence-electron chi connectivity index (χ2n) is 8.00. The minimum absolute atomic E-state index is 0.0414. The summed E-state index contributed by atoms with van der Waals surface area (Å²) in [7, 11) is 3.72. The van der Waals surface area contributed by atoms with E-state index >= 15 is 0 Å². The summed E-state index contributed by atoms with van der Waals surface area (Å²) in [6.07, 6.45) is 1.61. The van der Waals surface area contributed by atoms with Gasteiger partial charge in [0.05, 0.1) is 29.0 Å². The predicted molar refractivity (Wildman–Crippen MR) is 135 cm³/mol. The highest BCUT2D eigenvalue weighted by Crippen LogP contribution is 2.40. The van der Waals surface area contributed by atoms with Crippen molar-refractivity contribution in [1.82, 2.24) is 14.8 Å². The molecular weight excluding hydrogens is 460 g/mol. The molecule has 0 saturated heterocycles. The first-order chi connectivity index (χ1) is 17.0. The topological polar surface area (TPSA) is 91.2 Å². The van der Waals surface area contributed by atoms with Crippen LogP contribution in [0.15, 0.2) is 87.9 Å². The summed E-state index contributed by atoms with van der Waals surface area (Å²) < 4.78 is 7.37. The Morgan fingerprint density at radius 2 is 1.66 bits per heavy atom. The van der Waals surface area contributed by atoms with Crippen LogP contribution in [0.2, 0.25) is 0 Å². The quantitative estimate of drug-likeness (QED) is 0.220. The number of furan rings is 1. The molecule has 5 rings (SSSR count). The Balaban J connectivity index is 1.47. The maximum absolute atomic E-state index is 13.3. The van der Waals surface area contributed by atoms with Crippen LogP contribution in [0.25, 0.3) is 17.1 Å². The van der Waals surface area contributed by atoms with Crippen molar-refractivity contribution in [2.24, 2.45) is 0 Å². The summed E-state index contributed by atoms with van der Waals surface area (Å²) in [6, 6.07) is 21.5. The lowest BCUT2D eigenvalue weighted by Gasteiger charge is -2.19. The second-order valence-corrected chi connectivity index (χ2v) is 8.94. The molecule has 1 aliphatic heterocycles. The molecule has 0 radical (unpaired) electrons. The van der Waals surface area contributed by atoms with Gasteiger partial charge in [0.15, 0.2) is 16.8 Å².